The van der Waals surface area contributed by atoms with Crippen molar-refractivity contribution < 1.29 is 28.5 Å². The second-order valence-corrected chi connectivity index (χ2v) is 5.03. The van der Waals surface area contributed by atoms with Gasteiger partial charge in [0.2, 0.25) is 0 Å². The van der Waals surface area contributed by atoms with Crippen LogP contribution in [0.5, 0.6) is 11.5 Å². The summed E-state index contributed by atoms with van der Waals surface area (Å²) < 4.78 is 38.7. The molecule has 2 rings (SSSR count). The van der Waals surface area contributed by atoms with Crippen molar-refractivity contribution in [3.63, 3.8) is 0 Å². The van der Waals surface area contributed by atoms with Gasteiger partial charge in [-0.2, -0.15) is 0 Å². The first-order valence-corrected chi connectivity index (χ1v) is 6.89. The maximum Gasteiger partial charge on any atom is 0.306 e. The number of alkyl halides is 2. The van der Waals surface area contributed by atoms with E-state index in [4.69, 9.17) is 14.6 Å². The Kier molecular flexibility index (Phi) is 4.87. The number of benzene rings is 2. The van der Waals surface area contributed by atoms with Gasteiger partial charge in [0.1, 0.15) is 18.1 Å². The summed E-state index contributed by atoms with van der Waals surface area (Å²) in [6, 6.07) is 11.2. The number of halogens is 2. The zero-order chi connectivity index (χ0) is 17.1. The quantitative estimate of drug-likeness (QED) is 0.857. The Balaban J connectivity index is 2.59. The van der Waals surface area contributed by atoms with Crippen LogP contribution in [0.1, 0.15) is 11.1 Å². The highest BCUT2D eigenvalue weighted by Crippen LogP contribution is 2.43. The third kappa shape index (κ3) is 3.00. The molecule has 23 heavy (non-hydrogen) atoms. The molecular formula is C17H18F2O4. The minimum atomic E-state index is -3.78. The van der Waals surface area contributed by atoms with E-state index < -0.39 is 18.1 Å². The zero-order valence-electron chi connectivity index (χ0n) is 12.8. The first-order chi connectivity index (χ1) is 10.9. The first kappa shape index (κ1) is 17.2. The van der Waals surface area contributed by atoms with Crippen LogP contribution >= 0.6 is 0 Å². The van der Waals surface area contributed by atoms with Crippen molar-refractivity contribution >= 4 is 0 Å². The predicted octanol–water partition coefficient (Wildman–Crippen LogP) is 2.57. The van der Waals surface area contributed by atoms with Crippen molar-refractivity contribution in [3.8, 4) is 11.5 Å². The Morgan fingerprint density at radius 2 is 1.17 bits per heavy atom. The number of hydrogen-bond acceptors (Lipinski definition) is 4. The van der Waals surface area contributed by atoms with Gasteiger partial charge in [0.05, 0.1) is 14.2 Å². The van der Waals surface area contributed by atoms with E-state index in [1.54, 1.807) is 0 Å². The Morgan fingerprint density at radius 3 is 1.43 bits per heavy atom. The second kappa shape index (κ2) is 6.52. The standard InChI is InChI=1S/C17H18F2O4/c1-22-14-7-3-12(4-8-14)17(21,16(18,19)11-20)13-5-9-15(23-2)10-6-13/h3-10,20-21H,11H2,1-2H3. The van der Waals surface area contributed by atoms with Crippen molar-refractivity contribution in [2.75, 3.05) is 20.8 Å². The van der Waals surface area contributed by atoms with Crippen molar-refractivity contribution in [2.45, 2.75) is 11.5 Å². The summed E-state index contributed by atoms with van der Waals surface area (Å²) in [5.41, 5.74) is -2.79. The lowest BCUT2D eigenvalue weighted by atomic mass is 9.81. The summed E-state index contributed by atoms with van der Waals surface area (Å²) in [6.45, 7) is -1.50. The van der Waals surface area contributed by atoms with Crippen LogP contribution in [0.25, 0.3) is 0 Å². The Labute approximate surface area is 132 Å². The van der Waals surface area contributed by atoms with Crippen molar-refractivity contribution in [3.05, 3.63) is 59.7 Å². The van der Waals surface area contributed by atoms with E-state index >= 15 is 0 Å². The number of aliphatic hydroxyl groups is 2. The molecule has 0 aliphatic rings. The molecule has 0 aromatic heterocycles. The molecule has 0 bridgehead atoms. The normalized spacial score (nSPS) is 12.1. The minimum absolute atomic E-state index is 0.0532. The Bertz CT molecular complexity index is 591. The molecule has 0 saturated carbocycles. The molecule has 0 spiro atoms. The van der Waals surface area contributed by atoms with Crippen LogP contribution in [0.4, 0.5) is 8.78 Å². The third-order valence-electron chi connectivity index (χ3n) is 3.74. The number of aliphatic hydroxyl groups excluding tert-OH is 1. The lowest BCUT2D eigenvalue weighted by molar-refractivity contribution is -0.185. The lowest BCUT2D eigenvalue weighted by Gasteiger charge is -2.36. The highest BCUT2D eigenvalue weighted by Gasteiger charge is 2.54. The number of rotatable bonds is 6. The van der Waals surface area contributed by atoms with E-state index in [1.165, 1.54) is 62.8 Å². The summed E-state index contributed by atoms with van der Waals surface area (Å²) in [5.74, 6) is -2.84. The molecule has 124 valence electrons. The summed E-state index contributed by atoms with van der Waals surface area (Å²) in [6.07, 6.45) is 0. The van der Waals surface area contributed by atoms with Crippen LogP contribution in [0, 0.1) is 0 Å². The van der Waals surface area contributed by atoms with Gasteiger partial charge in [-0.05, 0) is 35.4 Å². The molecule has 6 heteroatoms. The molecule has 2 aromatic rings. The maximum absolute atomic E-state index is 14.4. The minimum Gasteiger partial charge on any atom is -0.497 e. The summed E-state index contributed by atoms with van der Waals surface area (Å²) in [4.78, 5) is 0. The second-order valence-electron chi connectivity index (χ2n) is 5.03. The van der Waals surface area contributed by atoms with Crippen molar-refractivity contribution in [2.24, 2.45) is 0 Å². The van der Waals surface area contributed by atoms with Gasteiger partial charge >= 0.3 is 5.92 Å². The van der Waals surface area contributed by atoms with E-state index in [2.05, 4.69) is 0 Å². The van der Waals surface area contributed by atoms with Crippen LogP contribution in [-0.2, 0) is 5.60 Å². The van der Waals surface area contributed by atoms with Gasteiger partial charge in [-0.1, -0.05) is 24.3 Å². The summed E-state index contributed by atoms with van der Waals surface area (Å²) >= 11 is 0. The SMILES string of the molecule is COc1ccc(C(O)(c2ccc(OC)cc2)C(F)(F)CO)cc1. The number of methoxy groups -OCH3 is 2. The predicted molar refractivity (Wildman–Crippen MR) is 81.0 cm³/mol. The average molecular weight is 324 g/mol. The maximum atomic E-state index is 14.4. The topological polar surface area (TPSA) is 58.9 Å². The molecule has 0 fully saturated rings. The number of hydrogen-bond donors (Lipinski definition) is 2. The van der Waals surface area contributed by atoms with E-state index in [-0.39, 0.29) is 11.1 Å². The van der Waals surface area contributed by atoms with Gasteiger partial charge in [-0.3, -0.25) is 0 Å². The molecule has 2 N–H and O–H groups in total. The Hall–Kier alpha value is -2.18. The van der Waals surface area contributed by atoms with Crippen LogP contribution in [0.3, 0.4) is 0 Å². The van der Waals surface area contributed by atoms with E-state index in [1.807, 2.05) is 0 Å². The van der Waals surface area contributed by atoms with Crippen molar-refractivity contribution in [1.29, 1.82) is 0 Å². The van der Waals surface area contributed by atoms with Crippen LogP contribution < -0.4 is 9.47 Å². The highest BCUT2D eigenvalue weighted by molar-refractivity contribution is 5.43. The van der Waals surface area contributed by atoms with Gasteiger partial charge in [0.15, 0.2) is 5.60 Å². The molecule has 0 atom stereocenters. The fourth-order valence-electron chi connectivity index (χ4n) is 2.37. The van der Waals surface area contributed by atoms with E-state index in [0.29, 0.717) is 11.5 Å². The lowest BCUT2D eigenvalue weighted by Crippen LogP contribution is -2.48. The fraction of sp³-hybridized carbons (Fsp3) is 0.294. The number of ether oxygens (including phenoxy) is 2. The summed E-state index contributed by atoms with van der Waals surface area (Å²) in [5, 5.41) is 19.9. The average Bonchev–Trinajstić information content (AvgIpc) is 2.61. The molecule has 0 radical (unpaired) electrons. The fourth-order valence-corrected chi connectivity index (χ4v) is 2.37. The molecule has 2 aromatic carbocycles. The van der Waals surface area contributed by atoms with Gasteiger partial charge in [0.25, 0.3) is 0 Å². The summed E-state index contributed by atoms with van der Waals surface area (Å²) in [7, 11) is 2.90. The van der Waals surface area contributed by atoms with Crippen LogP contribution in [-0.4, -0.2) is 37.0 Å². The monoisotopic (exact) mass is 324 g/mol. The largest absolute Gasteiger partial charge is 0.497 e. The van der Waals surface area contributed by atoms with E-state index in [0.717, 1.165) is 0 Å². The smallest absolute Gasteiger partial charge is 0.306 e. The zero-order valence-corrected chi connectivity index (χ0v) is 12.8. The van der Waals surface area contributed by atoms with Crippen LogP contribution in [0.2, 0.25) is 0 Å². The Morgan fingerprint density at radius 1 is 0.826 bits per heavy atom. The molecule has 0 amide bonds. The molecule has 0 saturated heterocycles. The highest BCUT2D eigenvalue weighted by atomic mass is 19.3. The van der Waals surface area contributed by atoms with E-state index in [9.17, 15) is 13.9 Å². The molecule has 0 aliphatic carbocycles. The van der Waals surface area contributed by atoms with Gasteiger partial charge < -0.3 is 19.7 Å². The first-order valence-electron chi connectivity index (χ1n) is 6.89. The molecule has 0 aliphatic heterocycles. The molecule has 4 nitrogen and oxygen atoms in total. The third-order valence-corrected chi connectivity index (χ3v) is 3.74. The van der Waals surface area contributed by atoms with Crippen LogP contribution in [0.15, 0.2) is 48.5 Å². The molecule has 0 unspecified atom stereocenters. The van der Waals surface area contributed by atoms with Gasteiger partial charge in [-0.15, -0.1) is 0 Å². The van der Waals surface area contributed by atoms with Crippen molar-refractivity contribution in [1.82, 2.24) is 0 Å². The molecule has 0 heterocycles. The van der Waals surface area contributed by atoms with Gasteiger partial charge in [0, 0.05) is 0 Å². The molecular weight excluding hydrogens is 306 g/mol. The van der Waals surface area contributed by atoms with Gasteiger partial charge in [-0.25, -0.2) is 8.78 Å².